The maximum Gasteiger partial charge on any atom is 0.184 e. The number of rotatable bonds is 4. The molecule has 1 aliphatic carbocycles. The standard InChI is InChI=1S/C14H19BrO4S/c1-14(2,16)9-6-11(7-9)20(17,18)13-8-10(15)4-5-12(13)19-3/h4-5,8-9,11,16H,6-7H2,1-3H3. The highest BCUT2D eigenvalue weighted by Gasteiger charge is 2.46. The molecule has 0 atom stereocenters. The maximum absolute atomic E-state index is 12.6. The first kappa shape index (κ1) is 15.8. The topological polar surface area (TPSA) is 63.6 Å². The zero-order chi connectivity index (χ0) is 15.1. The third-order valence-corrected chi connectivity index (χ3v) is 6.65. The quantitative estimate of drug-likeness (QED) is 0.894. The lowest BCUT2D eigenvalue weighted by Gasteiger charge is -2.42. The molecule has 4 nitrogen and oxygen atoms in total. The van der Waals surface area contributed by atoms with Gasteiger partial charge >= 0.3 is 0 Å². The molecule has 0 aromatic heterocycles. The van der Waals surface area contributed by atoms with Gasteiger partial charge in [0.05, 0.1) is 18.0 Å². The van der Waals surface area contributed by atoms with Gasteiger partial charge in [-0.05, 0) is 50.8 Å². The summed E-state index contributed by atoms with van der Waals surface area (Å²) in [6, 6.07) is 4.97. The number of hydrogen-bond donors (Lipinski definition) is 1. The van der Waals surface area contributed by atoms with Crippen molar-refractivity contribution in [1.29, 1.82) is 0 Å². The Morgan fingerprint density at radius 3 is 2.45 bits per heavy atom. The van der Waals surface area contributed by atoms with Crippen molar-refractivity contribution in [3.8, 4) is 5.75 Å². The van der Waals surface area contributed by atoms with Gasteiger partial charge in [-0.3, -0.25) is 0 Å². The lowest BCUT2D eigenvalue weighted by Crippen LogP contribution is -2.46. The van der Waals surface area contributed by atoms with Crippen LogP contribution in [0.25, 0.3) is 0 Å². The predicted octanol–water partition coefficient (Wildman–Crippen LogP) is 2.78. The molecule has 6 heteroatoms. The summed E-state index contributed by atoms with van der Waals surface area (Å²) in [4.78, 5) is 0.216. The molecule has 0 heterocycles. The van der Waals surface area contributed by atoms with Gasteiger partial charge in [0.2, 0.25) is 0 Å². The number of hydrogen-bond acceptors (Lipinski definition) is 4. The lowest BCUT2D eigenvalue weighted by molar-refractivity contribution is -0.0164. The Morgan fingerprint density at radius 2 is 1.95 bits per heavy atom. The van der Waals surface area contributed by atoms with Crippen LogP contribution in [0.1, 0.15) is 26.7 Å². The van der Waals surface area contributed by atoms with E-state index in [1.54, 1.807) is 32.0 Å². The maximum atomic E-state index is 12.6. The van der Waals surface area contributed by atoms with Gasteiger partial charge in [0, 0.05) is 4.47 Å². The monoisotopic (exact) mass is 362 g/mol. The predicted molar refractivity (Wildman–Crippen MR) is 80.7 cm³/mol. The summed E-state index contributed by atoms with van der Waals surface area (Å²) in [6.07, 6.45) is 0.975. The minimum atomic E-state index is -3.43. The van der Waals surface area contributed by atoms with Gasteiger partial charge in [0.1, 0.15) is 10.6 Å². The minimum Gasteiger partial charge on any atom is -0.495 e. The van der Waals surface area contributed by atoms with Crippen molar-refractivity contribution in [2.45, 2.75) is 42.4 Å². The first-order valence-corrected chi connectivity index (χ1v) is 8.80. The Kier molecular flexibility index (Phi) is 4.19. The molecule has 0 bridgehead atoms. The minimum absolute atomic E-state index is 0.0282. The number of benzene rings is 1. The van der Waals surface area contributed by atoms with Crippen molar-refractivity contribution in [1.82, 2.24) is 0 Å². The summed E-state index contributed by atoms with van der Waals surface area (Å²) in [5.74, 6) is 0.389. The number of methoxy groups -OCH3 is 1. The van der Waals surface area contributed by atoms with Crippen molar-refractivity contribution in [2.24, 2.45) is 5.92 Å². The largest absolute Gasteiger partial charge is 0.495 e. The van der Waals surface area contributed by atoms with Gasteiger partial charge < -0.3 is 9.84 Å². The van der Waals surface area contributed by atoms with Crippen LogP contribution in [0.4, 0.5) is 0 Å². The molecule has 1 aliphatic rings. The van der Waals surface area contributed by atoms with E-state index >= 15 is 0 Å². The third-order valence-electron chi connectivity index (χ3n) is 3.96. The molecule has 1 aromatic carbocycles. The second-order valence-corrected chi connectivity index (χ2v) is 8.90. The van der Waals surface area contributed by atoms with E-state index in [1.165, 1.54) is 7.11 Å². The summed E-state index contributed by atoms with van der Waals surface area (Å²) in [5, 5.41) is 9.47. The van der Waals surface area contributed by atoms with Gasteiger partial charge in [0.15, 0.2) is 9.84 Å². The smallest absolute Gasteiger partial charge is 0.184 e. The van der Waals surface area contributed by atoms with Gasteiger partial charge in [-0.15, -0.1) is 0 Å². The number of ether oxygens (including phenoxy) is 1. The van der Waals surface area contributed by atoms with Crippen molar-refractivity contribution in [3.63, 3.8) is 0 Å². The molecule has 0 spiro atoms. The fraction of sp³-hybridized carbons (Fsp3) is 0.571. The molecule has 1 N–H and O–H groups in total. The van der Waals surface area contributed by atoms with E-state index < -0.39 is 20.7 Å². The summed E-state index contributed by atoms with van der Waals surface area (Å²) in [5.41, 5.74) is -0.826. The summed E-state index contributed by atoms with van der Waals surface area (Å²) in [7, 11) is -1.97. The Morgan fingerprint density at radius 1 is 1.35 bits per heavy atom. The second kappa shape index (κ2) is 5.31. The Labute approximate surface area is 128 Å². The van der Waals surface area contributed by atoms with E-state index in [0.717, 1.165) is 0 Å². The highest BCUT2D eigenvalue weighted by Crippen LogP contribution is 2.43. The van der Waals surface area contributed by atoms with Crippen molar-refractivity contribution in [3.05, 3.63) is 22.7 Å². The van der Waals surface area contributed by atoms with E-state index in [1.807, 2.05) is 0 Å². The molecule has 1 saturated carbocycles. The zero-order valence-corrected chi connectivity index (χ0v) is 14.2. The molecular weight excluding hydrogens is 344 g/mol. The fourth-order valence-electron chi connectivity index (χ4n) is 2.45. The molecular formula is C14H19BrO4S. The molecule has 0 amide bonds. The molecule has 0 unspecified atom stereocenters. The van der Waals surface area contributed by atoms with Crippen LogP contribution in [-0.4, -0.2) is 31.5 Å². The molecule has 1 aromatic rings. The molecule has 0 radical (unpaired) electrons. The van der Waals surface area contributed by atoms with Crippen LogP contribution in [0.15, 0.2) is 27.6 Å². The van der Waals surface area contributed by atoms with Gasteiger partial charge in [-0.2, -0.15) is 0 Å². The summed E-state index contributed by atoms with van der Waals surface area (Å²) >= 11 is 3.29. The van der Waals surface area contributed by atoms with E-state index in [-0.39, 0.29) is 10.8 Å². The molecule has 20 heavy (non-hydrogen) atoms. The average molecular weight is 363 g/mol. The van der Waals surface area contributed by atoms with Gasteiger partial charge in [-0.25, -0.2) is 8.42 Å². The highest BCUT2D eigenvalue weighted by molar-refractivity contribution is 9.10. The number of sulfone groups is 1. The fourth-order valence-corrected chi connectivity index (χ4v) is 5.01. The van der Waals surface area contributed by atoms with Crippen LogP contribution in [0.5, 0.6) is 5.75 Å². The third kappa shape index (κ3) is 2.87. The van der Waals surface area contributed by atoms with Crippen LogP contribution < -0.4 is 4.74 Å². The Balaban J connectivity index is 2.27. The Bertz CT molecular complexity index is 598. The highest BCUT2D eigenvalue weighted by atomic mass is 79.9. The van der Waals surface area contributed by atoms with E-state index in [2.05, 4.69) is 15.9 Å². The number of halogens is 1. The molecule has 2 rings (SSSR count). The molecule has 0 saturated heterocycles. The van der Waals surface area contributed by atoms with Crippen LogP contribution in [0.2, 0.25) is 0 Å². The summed E-state index contributed by atoms with van der Waals surface area (Å²) in [6.45, 7) is 3.44. The van der Waals surface area contributed by atoms with Crippen molar-refractivity contribution >= 4 is 25.8 Å². The molecule has 112 valence electrons. The van der Waals surface area contributed by atoms with Crippen molar-refractivity contribution in [2.75, 3.05) is 7.11 Å². The van der Waals surface area contributed by atoms with E-state index in [4.69, 9.17) is 4.74 Å². The van der Waals surface area contributed by atoms with Crippen LogP contribution in [0.3, 0.4) is 0 Å². The summed E-state index contributed by atoms with van der Waals surface area (Å²) < 4.78 is 31.1. The normalized spacial score (nSPS) is 23.2. The number of aliphatic hydroxyl groups is 1. The lowest BCUT2D eigenvalue weighted by atomic mass is 9.74. The van der Waals surface area contributed by atoms with Crippen LogP contribution in [0, 0.1) is 5.92 Å². The van der Waals surface area contributed by atoms with E-state index in [9.17, 15) is 13.5 Å². The van der Waals surface area contributed by atoms with Gasteiger partial charge in [-0.1, -0.05) is 15.9 Å². The molecule has 1 fully saturated rings. The van der Waals surface area contributed by atoms with Crippen LogP contribution in [-0.2, 0) is 9.84 Å². The van der Waals surface area contributed by atoms with Crippen molar-refractivity contribution < 1.29 is 18.3 Å². The first-order chi connectivity index (χ1) is 9.16. The average Bonchev–Trinajstić information content (AvgIpc) is 2.24. The molecule has 0 aliphatic heterocycles. The Hall–Kier alpha value is -0.590. The zero-order valence-electron chi connectivity index (χ0n) is 11.8. The second-order valence-electron chi connectivity index (χ2n) is 5.78. The van der Waals surface area contributed by atoms with Gasteiger partial charge in [0.25, 0.3) is 0 Å². The SMILES string of the molecule is COc1ccc(Br)cc1S(=O)(=O)C1CC(C(C)(C)O)C1. The first-order valence-electron chi connectivity index (χ1n) is 6.46. The van der Waals surface area contributed by atoms with E-state index in [0.29, 0.717) is 23.1 Å². The van der Waals surface area contributed by atoms with Crippen LogP contribution >= 0.6 is 15.9 Å².